The molecule has 1 fully saturated rings. The highest BCUT2D eigenvalue weighted by Crippen LogP contribution is 2.43. The van der Waals surface area contributed by atoms with Gasteiger partial charge in [0.2, 0.25) is 15.9 Å². The molecule has 2 aromatic rings. The molecular formula is C26H26ClF3N2O3S2. The Kier molecular flexibility index (Phi) is 7.39. The Balaban J connectivity index is 1.25. The number of amides is 1. The lowest BCUT2D eigenvalue weighted by Gasteiger charge is -2.23. The highest BCUT2D eigenvalue weighted by molar-refractivity contribution is 8.19. The fourth-order valence-corrected chi connectivity index (χ4v) is 8.85. The number of fused-ring (bicyclic) bond motifs is 3. The predicted molar refractivity (Wildman–Crippen MR) is 140 cm³/mol. The molecule has 0 spiro atoms. The third kappa shape index (κ3) is 6.02. The summed E-state index contributed by atoms with van der Waals surface area (Å²) in [5, 5.41) is 2.85. The first-order valence-corrected chi connectivity index (χ1v) is 14.9. The minimum absolute atomic E-state index is 0.0409. The number of carbonyl (C=O) groups is 1. The molecule has 1 aliphatic heterocycles. The average molecular weight is 571 g/mol. The molecule has 3 aliphatic rings. The van der Waals surface area contributed by atoms with Gasteiger partial charge in [0.1, 0.15) is 4.24 Å². The normalized spacial score (nSPS) is 25.4. The van der Waals surface area contributed by atoms with E-state index in [9.17, 15) is 26.4 Å². The molecule has 0 aromatic heterocycles. The molecule has 11 heteroatoms. The number of anilines is 1. The van der Waals surface area contributed by atoms with Crippen molar-refractivity contribution in [3.63, 3.8) is 0 Å². The van der Waals surface area contributed by atoms with Gasteiger partial charge in [0.05, 0.1) is 16.7 Å². The molecule has 2 N–H and O–H groups in total. The Hall–Kier alpha value is -2.01. The molecule has 2 aliphatic carbocycles. The molecule has 0 radical (unpaired) electrons. The molecule has 4 atom stereocenters. The molecule has 5 rings (SSSR count). The monoisotopic (exact) mass is 570 g/mol. The second-order valence-corrected chi connectivity index (χ2v) is 13.8. The van der Waals surface area contributed by atoms with Gasteiger partial charge in [-0.15, -0.1) is 11.6 Å². The van der Waals surface area contributed by atoms with E-state index in [1.54, 1.807) is 6.08 Å². The molecule has 2 bridgehead atoms. The summed E-state index contributed by atoms with van der Waals surface area (Å²) in [6, 6.07) is 10.1. The van der Waals surface area contributed by atoms with Crippen molar-refractivity contribution in [2.45, 2.75) is 55.5 Å². The molecule has 2 aromatic carbocycles. The van der Waals surface area contributed by atoms with Crippen LogP contribution in [-0.4, -0.2) is 25.1 Å². The second-order valence-electron chi connectivity index (χ2n) is 9.84. The Morgan fingerprint density at radius 3 is 2.32 bits per heavy atom. The first-order chi connectivity index (χ1) is 17.5. The SMILES string of the molecule is O=C(Cc1ccc(C(F)(F)F)cc1)Nc1ccc2c(c1)CC1CCC(C2)C1NS(=O)(=O)C1=CCC(Cl)S1. The molecule has 4 unspecified atom stereocenters. The fourth-order valence-electron chi connectivity index (χ4n) is 5.50. The lowest BCUT2D eigenvalue weighted by Crippen LogP contribution is -2.41. The van der Waals surface area contributed by atoms with E-state index in [2.05, 4.69) is 10.0 Å². The van der Waals surface area contributed by atoms with Crippen molar-refractivity contribution < 1.29 is 26.4 Å². The first kappa shape index (κ1) is 26.6. The second kappa shape index (κ2) is 10.3. The van der Waals surface area contributed by atoms with Gasteiger partial charge in [-0.05, 0) is 84.9 Å². The highest BCUT2D eigenvalue weighted by atomic mass is 35.5. The van der Waals surface area contributed by atoms with E-state index in [1.165, 1.54) is 23.9 Å². The number of allylic oxidation sites excluding steroid dienone is 1. The van der Waals surface area contributed by atoms with E-state index >= 15 is 0 Å². The van der Waals surface area contributed by atoms with Crippen LogP contribution in [0.1, 0.15) is 41.5 Å². The van der Waals surface area contributed by atoms with Crippen LogP contribution in [0.4, 0.5) is 18.9 Å². The summed E-state index contributed by atoms with van der Waals surface area (Å²) in [4.78, 5) is 12.6. The number of carbonyl (C=O) groups excluding carboxylic acids is 1. The number of benzene rings is 2. The van der Waals surface area contributed by atoms with E-state index in [-0.39, 0.29) is 34.9 Å². The molecule has 1 amide bonds. The van der Waals surface area contributed by atoms with E-state index in [0.29, 0.717) is 28.3 Å². The van der Waals surface area contributed by atoms with Crippen LogP contribution in [0.15, 0.2) is 52.8 Å². The summed E-state index contributed by atoms with van der Waals surface area (Å²) in [5.41, 5.74) is 2.58. The van der Waals surface area contributed by atoms with Crippen molar-refractivity contribution >= 4 is 45.0 Å². The van der Waals surface area contributed by atoms with Gasteiger partial charge < -0.3 is 5.32 Å². The number of rotatable bonds is 6. The third-order valence-electron chi connectivity index (χ3n) is 7.29. The predicted octanol–water partition coefficient (Wildman–Crippen LogP) is 5.84. The summed E-state index contributed by atoms with van der Waals surface area (Å²) in [5.74, 6) is 0.0262. The van der Waals surface area contributed by atoms with Crippen LogP contribution >= 0.6 is 23.4 Å². The Morgan fingerprint density at radius 1 is 1.03 bits per heavy atom. The molecule has 5 nitrogen and oxygen atoms in total. The maximum Gasteiger partial charge on any atom is 0.416 e. The average Bonchev–Trinajstić information content (AvgIpc) is 3.37. The minimum Gasteiger partial charge on any atom is -0.326 e. The number of thioether (sulfide) groups is 1. The van der Waals surface area contributed by atoms with E-state index in [0.717, 1.165) is 42.5 Å². The van der Waals surface area contributed by atoms with Gasteiger partial charge in [-0.1, -0.05) is 36.0 Å². The summed E-state index contributed by atoms with van der Waals surface area (Å²) < 4.78 is 67.3. The Labute approximate surface area is 223 Å². The number of hydrogen-bond acceptors (Lipinski definition) is 4. The zero-order chi connectivity index (χ0) is 26.4. The summed E-state index contributed by atoms with van der Waals surface area (Å²) in [7, 11) is -3.62. The zero-order valence-corrected chi connectivity index (χ0v) is 22.1. The lowest BCUT2D eigenvalue weighted by molar-refractivity contribution is -0.137. The molecule has 1 heterocycles. The summed E-state index contributed by atoms with van der Waals surface area (Å²) in [6.07, 6.45) is 1.08. The van der Waals surface area contributed by atoms with Crippen LogP contribution < -0.4 is 10.0 Å². The van der Waals surface area contributed by atoms with Crippen LogP contribution in [0, 0.1) is 11.8 Å². The number of alkyl halides is 4. The number of nitrogens with one attached hydrogen (secondary N) is 2. The minimum atomic E-state index is -4.42. The van der Waals surface area contributed by atoms with E-state index in [4.69, 9.17) is 11.6 Å². The van der Waals surface area contributed by atoms with Gasteiger partial charge in [-0.3, -0.25) is 4.79 Å². The van der Waals surface area contributed by atoms with Gasteiger partial charge in [-0.2, -0.15) is 13.2 Å². The van der Waals surface area contributed by atoms with Gasteiger partial charge in [0, 0.05) is 11.7 Å². The van der Waals surface area contributed by atoms with E-state index < -0.39 is 21.8 Å². The van der Waals surface area contributed by atoms with Crippen molar-refractivity contribution in [1.29, 1.82) is 0 Å². The summed E-state index contributed by atoms with van der Waals surface area (Å²) >= 11 is 7.25. The first-order valence-electron chi connectivity index (χ1n) is 12.1. The van der Waals surface area contributed by atoms with Crippen molar-refractivity contribution in [3.05, 3.63) is 75.0 Å². The number of halogens is 4. The number of sulfonamides is 1. The summed E-state index contributed by atoms with van der Waals surface area (Å²) in [6.45, 7) is 0. The van der Waals surface area contributed by atoms with Crippen molar-refractivity contribution in [3.8, 4) is 0 Å². The van der Waals surface area contributed by atoms with Crippen LogP contribution in [0.5, 0.6) is 0 Å². The van der Waals surface area contributed by atoms with Gasteiger partial charge in [0.15, 0.2) is 0 Å². The quantitative estimate of drug-likeness (QED) is 0.428. The zero-order valence-electron chi connectivity index (χ0n) is 19.7. The standard InChI is InChI=1S/C26H26ClF3N2O3S2/c27-22-9-10-24(36-22)37(34,35)32-25-17-3-4-18(25)13-19-14-21(8-5-16(19)12-17)31-23(33)11-15-1-6-20(7-2-15)26(28,29)30/h1-2,5-8,10,14,17-18,22,25,32H,3-4,9,11-13H2,(H,31,33). The van der Waals surface area contributed by atoms with Crippen LogP contribution in [0.2, 0.25) is 0 Å². The highest BCUT2D eigenvalue weighted by Gasteiger charge is 2.42. The molecule has 1 saturated carbocycles. The Bertz CT molecular complexity index is 1330. The van der Waals surface area contributed by atoms with Crippen molar-refractivity contribution in [1.82, 2.24) is 4.72 Å². The molecule has 198 valence electrons. The molecule has 37 heavy (non-hydrogen) atoms. The number of hydrogen-bond donors (Lipinski definition) is 2. The van der Waals surface area contributed by atoms with E-state index in [1.807, 2.05) is 18.2 Å². The van der Waals surface area contributed by atoms with Crippen LogP contribution in [-0.2, 0) is 40.3 Å². The Morgan fingerprint density at radius 2 is 1.70 bits per heavy atom. The topological polar surface area (TPSA) is 75.3 Å². The fraction of sp³-hybridized carbons (Fsp3) is 0.423. The van der Waals surface area contributed by atoms with Crippen LogP contribution in [0.3, 0.4) is 0 Å². The smallest absolute Gasteiger partial charge is 0.326 e. The maximum absolute atomic E-state index is 13.0. The van der Waals surface area contributed by atoms with Crippen molar-refractivity contribution in [2.75, 3.05) is 5.32 Å². The molecule has 0 saturated heterocycles. The van der Waals surface area contributed by atoms with Crippen LogP contribution in [0.25, 0.3) is 0 Å². The third-order valence-corrected chi connectivity index (χ3v) is 10.8. The van der Waals surface area contributed by atoms with Gasteiger partial charge in [0.25, 0.3) is 0 Å². The maximum atomic E-state index is 13.0. The lowest BCUT2D eigenvalue weighted by atomic mass is 9.93. The van der Waals surface area contributed by atoms with Gasteiger partial charge in [-0.25, -0.2) is 13.1 Å². The largest absolute Gasteiger partial charge is 0.416 e. The van der Waals surface area contributed by atoms with Gasteiger partial charge >= 0.3 is 6.18 Å². The molecular weight excluding hydrogens is 545 g/mol. The van der Waals surface area contributed by atoms with Crippen molar-refractivity contribution in [2.24, 2.45) is 11.8 Å².